The van der Waals surface area contributed by atoms with Crippen molar-refractivity contribution in [2.75, 3.05) is 0 Å². The van der Waals surface area contributed by atoms with Gasteiger partial charge >= 0.3 is 0 Å². The van der Waals surface area contributed by atoms with Gasteiger partial charge in [0.25, 0.3) is 0 Å². The van der Waals surface area contributed by atoms with Crippen molar-refractivity contribution >= 4 is 0 Å². The van der Waals surface area contributed by atoms with Crippen molar-refractivity contribution in [1.82, 2.24) is 4.98 Å². The monoisotopic (exact) mass is 256 g/mol. The number of aromatic nitrogens is 1. The van der Waals surface area contributed by atoms with Crippen LogP contribution in [0.5, 0.6) is 0 Å². The molecule has 19 heavy (non-hydrogen) atoms. The zero-order valence-corrected chi connectivity index (χ0v) is 11.6. The van der Waals surface area contributed by atoms with E-state index in [1.54, 1.807) is 5.57 Å². The standard InChI is InChI=1S/C17H24N2/c18-16(12-13-6-2-1-3-7-13)15-10-4-8-14-9-5-11-19-17(14)15/h5-6,9,11,15-16H,1-4,7-8,10,12,18H2. The Kier molecular flexibility index (Phi) is 3.97. The van der Waals surface area contributed by atoms with Gasteiger partial charge in [0, 0.05) is 23.9 Å². The summed E-state index contributed by atoms with van der Waals surface area (Å²) in [6, 6.07) is 4.52. The molecule has 2 unspecified atom stereocenters. The SMILES string of the molecule is NC(CC1=CCCCC1)C1CCCc2cccnc21. The topological polar surface area (TPSA) is 38.9 Å². The van der Waals surface area contributed by atoms with Crippen molar-refractivity contribution in [3.05, 3.63) is 41.2 Å². The lowest BCUT2D eigenvalue weighted by Crippen LogP contribution is -2.32. The minimum Gasteiger partial charge on any atom is -0.327 e. The lowest BCUT2D eigenvalue weighted by Gasteiger charge is -2.30. The first-order valence-corrected chi connectivity index (χ1v) is 7.72. The minimum absolute atomic E-state index is 0.248. The molecule has 0 spiro atoms. The Morgan fingerprint density at radius 3 is 3.05 bits per heavy atom. The molecule has 0 aromatic carbocycles. The van der Waals surface area contributed by atoms with E-state index in [-0.39, 0.29) is 6.04 Å². The number of rotatable bonds is 3. The van der Waals surface area contributed by atoms with Crippen LogP contribution < -0.4 is 5.73 Å². The second-order valence-electron chi connectivity index (χ2n) is 6.02. The molecule has 2 atom stereocenters. The van der Waals surface area contributed by atoms with Gasteiger partial charge in [-0.1, -0.05) is 17.7 Å². The molecule has 0 saturated heterocycles. The number of nitrogens with zero attached hydrogens (tertiary/aromatic N) is 1. The Morgan fingerprint density at radius 2 is 2.21 bits per heavy atom. The average molecular weight is 256 g/mol. The quantitative estimate of drug-likeness (QED) is 0.837. The Labute approximate surface area is 116 Å². The third-order valence-corrected chi connectivity index (χ3v) is 4.64. The predicted octanol–water partition coefficient (Wildman–Crippen LogP) is 3.72. The van der Waals surface area contributed by atoms with Crippen LogP contribution in [0.1, 0.15) is 62.1 Å². The first-order chi connectivity index (χ1) is 9.34. The van der Waals surface area contributed by atoms with Gasteiger partial charge in [0.15, 0.2) is 0 Å². The predicted molar refractivity (Wildman–Crippen MR) is 79.1 cm³/mol. The van der Waals surface area contributed by atoms with Gasteiger partial charge in [-0.15, -0.1) is 0 Å². The molecule has 0 amide bonds. The molecule has 0 aliphatic heterocycles. The summed E-state index contributed by atoms with van der Waals surface area (Å²) in [6.07, 6.45) is 14.3. The van der Waals surface area contributed by atoms with E-state index in [4.69, 9.17) is 5.73 Å². The third-order valence-electron chi connectivity index (χ3n) is 4.64. The van der Waals surface area contributed by atoms with Gasteiger partial charge in [0.2, 0.25) is 0 Å². The minimum atomic E-state index is 0.248. The summed E-state index contributed by atoms with van der Waals surface area (Å²) in [5.74, 6) is 0.466. The van der Waals surface area contributed by atoms with Crippen molar-refractivity contribution in [2.45, 2.75) is 63.3 Å². The summed E-state index contributed by atoms with van der Waals surface area (Å²) >= 11 is 0. The zero-order valence-electron chi connectivity index (χ0n) is 11.6. The van der Waals surface area contributed by atoms with Crippen molar-refractivity contribution in [1.29, 1.82) is 0 Å². The fraction of sp³-hybridized carbons (Fsp3) is 0.588. The highest BCUT2D eigenvalue weighted by atomic mass is 14.7. The van der Waals surface area contributed by atoms with Crippen LogP contribution in [0.15, 0.2) is 30.0 Å². The van der Waals surface area contributed by atoms with Gasteiger partial charge in [0.1, 0.15) is 0 Å². The second kappa shape index (κ2) is 5.87. The molecule has 0 radical (unpaired) electrons. The molecule has 102 valence electrons. The van der Waals surface area contributed by atoms with Crippen LogP contribution >= 0.6 is 0 Å². The number of allylic oxidation sites excluding steroid dienone is 1. The summed E-state index contributed by atoms with van der Waals surface area (Å²) < 4.78 is 0. The molecule has 2 aliphatic carbocycles. The van der Waals surface area contributed by atoms with E-state index in [2.05, 4.69) is 23.2 Å². The van der Waals surface area contributed by atoms with E-state index in [9.17, 15) is 0 Å². The first-order valence-electron chi connectivity index (χ1n) is 7.72. The lowest BCUT2D eigenvalue weighted by atomic mass is 9.79. The van der Waals surface area contributed by atoms with Crippen LogP contribution in [0.3, 0.4) is 0 Å². The summed E-state index contributed by atoms with van der Waals surface area (Å²) in [5, 5.41) is 0. The molecule has 0 bridgehead atoms. The molecule has 2 nitrogen and oxygen atoms in total. The Bertz CT molecular complexity index is 464. The Morgan fingerprint density at radius 1 is 1.26 bits per heavy atom. The molecular formula is C17H24N2. The largest absolute Gasteiger partial charge is 0.327 e. The smallest absolute Gasteiger partial charge is 0.0482 e. The van der Waals surface area contributed by atoms with E-state index in [1.165, 1.54) is 56.2 Å². The molecule has 1 aromatic heterocycles. The third kappa shape index (κ3) is 2.89. The van der Waals surface area contributed by atoms with Crippen molar-refractivity contribution < 1.29 is 0 Å². The van der Waals surface area contributed by atoms with Gasteiger partial charge in [0.05, 0.1) is 0 Å². The fourth-order valence-corrected chi connectivity index (χ4v) is 3.60. The Hall–Kier alpha value is -1.15. The maximum Gasteiger partial charge on any atom is 0.0482 e. The van der Waals surface area contributed by atoms with Crippen LogP contribution in [0, 0.1) is 0 Å². The molecule has 1 aromatic rings. The number of hydrogen-bond donors (Lipinski definition) is 1. The van der Waals surface area contributed by atoms with Crippen molar-refractivity contribution in [2.24, 2.45) is 5.73 Å². The van der Waals surface area contributed by atoms with E-state index >= 15 is 0 Å². The van der Waals surface area contributed by atoms with Crippen LogP contribution in [0.25, 0.3) is 0 Å². The molecule has 2 N–H and O–H groups in total. The van der Waals surface area contributed by atoms with E-state index in [0.717, 1.165) is 6.42 Å². The van der Waals surface area contributed by atoms with Gasteiger partial charge < -0.3 is 5.73 Å². The highest BCUT2D eigenvalue weighted by molar-refractivity contribution is 5.28. The number of fused-ring (bicyclic) bond motifs is 1. The summed E-state index contributed by atoms with van der Waals surface area (Å²) in [4.78, 5) is 4.62. The summed E-state index contributed by atoms with van der Waals surface area (Å²) in [6.45, 7) is 0. The number of pyridine rings is 1. The van der Waals surface area contributed by atoms with E-state index < -0.39 is 0 Å². The van der Waals surface area contributed by atoms with Crippen LogP contribution in [0.2, 0.25) is 0 Å². The fourth-order valence-electron chi connectivity index (χ4n) is 3.60. The number of hydrogen-bond acceptors (Lipinski definition) is 2. The van der Waals surface area contributed by atoms with Gasteiger partial charge in [-0.25, -0.2) is 0 Å². The van der Waals surface area contributed by atoms with Gasteiger partial charge in [-0.05, 0) is 63.0 Å². The molecule has 2 heteroatoms. The summed E-state index contributed by atoms with van der Waals surface area (Å²) in [5.41, 5.74) is 10.8. The molecule has 0 fully saturated rings. The maximum absolute atomic E-state index is 6.51. The average Bonchev–Trinajstić information content (AvgIpc) is 2.47. The number of aryl methyl sites for hydroxylation is 1. The van der Waals surface area contributed by atoms with Crippen molar-refractivity contribution in [3.63, 3.8) is 0 Å². The van der Waals surface area contributed by atoms with E-state index in [1.807, 2.05) is 6.20 Å². The van der Waals surface area contributed by atoms with Crippen LogP contribution in [0.4, 0.5) is 0 Å². The highest BCUT2D eigenvalue weighted by Gasteiger charge is 2.27. The molecule has 1 heterocycles. The van der Waals surface area contributed by atoms with Crippen molar-refractivity contribution in [3.8, 4) is 0 Å². The Balaban J connectivity index is 1.73. The van der Waals surface area contributed by atoms with Gasteiger partial charge in [-0.2, -0.15) is 0 Å². The molecular weight excluding hydrogens is 232 g/mol. The number of nitrogens with two attached hydrogens (primary N) is 1. The zero-order chi connectivity index (χ0) is 13.1. The van der Waals surface area contributed by atoms with Gasteiger partial charge in [-0.3, -0.25) is 4.98 Å². The lowest BCUT2D eigenvalue weighted by molar-refractivity contribution is 0.442. The van der Waals surface area contributed by atoms with Crippen LogP contribution in [-0.4, -0.2) is 11.0 Å². The van der Waals surface area contributed by atoms with E-state index in [0.29, 0.717) is 5.92 Å². The van der Waals surface area contributed by atoms with Crippen LogP contribution in [-0.2, 0) is 6.42 Å². The second-order valence-corrected chi connectivity index (χ2v) is 6.02. The summed E-state index contributed by atoms with van der Waals surface area (Å²) in [7, 11) is 0. The molecule has 2 aliphatic rings. The highest BCUT2D eigenvalue weighted by Crippen LogP contribution is 2.34. The first kappa shape index (κ1) is 12.9. The molecule has 3 rings (SSSR count). The molecule has 0 saturated carbocycles. The maximum atomic E-state index is 6.51. The normalized spacial score (nSPS) is 24.5.